The maximum atomic E-state index is 9.75. The molecule has 0 aliphatic carbocycles. The first kappa shape index (κ1) is 25.1. The molecule has 0 aromatic carbocycles. The van der Waals surface area contributed by atoms with Crippen molar-refractivity contribution in [3.05, 3.63) is 0 Å². The molecule has 0 aliphatic heterocycles. The van der Waals surface area contributed by atoms with Gasteiger partial charge in [0.25, 0.3) is 0 Å². The van der Waals surface area contributed by atoms with Crippen LogP contribution in [0.1, 0.15) is 0 Å². The van der Waals surface area contributed by atoms with Gasteiger partial charge in [-0.3, -0.25) is 0 Å². The van der Waals surface area contributed by atoms with E-state index in [1.54, 1.807) is 0 Å². The summed E-state index contributed by atoms with van der Waals surface area (Å²) in [6.07, 6.45) is 0. The Bertz CT molecular complexity index is 191. The van der Waals surface area contributed by atoms with Gasteiger partial charge < -0.3 is 44.7 Å². The molecule has 0 aliphatic rings. The van der Waals surface area contributed by atoms with Crippen molar-refractivity contribution in [2.24, 2.45) is 0 Å². The molecule has 0 fully saturated rings. The number of aliphatic carboxylic acids is 2. The van der Waals surface area contributed by atoms with Crippen LogP contribution in [-0.2, 0) is 9.59 Å². The molecule has 100 valence electrons. The van der Waals surface area contributed by atoms with E-state index < -0.39 is 26.4 Å². The Morgan fingerprint density at radius 1 is 0.647 bits per heavy atom. The van der Waals surface area contributed by atoms with Gasteiger partial charge in [-0.25, -0.2) is 9.59 Å². The second-order valence-electron chi connectivity index (χ2n) is 1.60. The van der Waals surface area contributed by atoms with Gasteiger partial charge in [0.05, 0.1) is 0 Å². The standard InChI is InChI=1S/C2H2O4.2BF4.Li.H/c3-1(4)2(5)6;2*2-1(3,4)5;;/h(H,3,4)(H,5,6);;;;/q;2*-1;;. The van der Waals surface area contributed by atoms with Crippen LogP contribution in [0.15, 0.2) is 0 Å². The van der Waals surface area contributed by atoms with E-state index in [0.29, 0.717) is 0 Å². The van der Waals surface area contributed by atoms with Crippen molar-refractivity contribution in [3.63, 3.8) is 0 Å². The summed E-state index contributed by atoms with van der Waals surface area (Å²) in [5.74, 6) is -3.65. The molecule has 0 spiro atoms. The molecule has 0 rings (SSSR count). The minimum absolute atomic E-state index is 0. The van der Waals surface area contributed by atoms with E-state index in [9.17, 15) is 34.5 Å². The summed E-state index contributed by atoms with van der Waals surface area (Å²) in [4.78, 5) is 18.2. The molecule has 0 radical (unpaired) electrons. The molecule has 0 aromatic rings. The molecule has 2 N–H and O–H groups in total. The van der Waals surface area contributed by atoms with Crippen LogP contribution in [0, 0.1) is 0 Å². The Kier molecular flexibility index (Phi) is 15.2. The summed E-state index contributed by atoms with van der Waals surface area (Å²) in [5, 5.41) is 14.8. The average molecular weight is 272 g/mol. The molecule has 0 atom stereocenters. The van der Waals surface area contributed by atoms with E-state index >= 15 is 0 Å². The molecule has 0 heterocycles. The Balaban J connectivity index is -0.0000000729. The Morgan fingerprint density at radius 2 is 0.706 bits per heavy atom. The van der Waals surface area contributed by atoms with E-state index in [4.69, 9.17) is 19.8 Å². The van der Waals surface area contributed by atoms with Gasteiger partial charge in [0.15, 0.2) is 0 Å². The van der Waals surface area contributed by atoms with Crippen LogP contribution in [-0.4, -0.2) is 55.5 Å². The zero-order valence-electron chi connectivity index (χ0n) is 6.89. The minimum atomic E-state index is -6.00. The van der Waals surface area contributed by atoms with Crippen molar-refractivity contribution in [3.8, 4) is 0 Å². The predicted octanol–water partition coefficient (Wildman–Crippen LogP) is 1.11. The van der Waals surface area contributed by atoms with Gasteiger partial charge in [0, 0.05) is 0 Å². The molecule has 0 aromatic heterocycles. The predicted molar refractivity (Wildman–Crippen MR) is 42.8 cm³/mol. The van der Waals surface area contributed by atoms with Crippen LogP contribution in [0.4, 0.5) is 34.5 Å². The monoisotopic (exact) mass is 272 g/mol. The number of carbonyl (C=O) groups is 2. The summed E-state index contributed by atoms with van der Waals surface area (Å²) >= 11 is 0. The van der Waals surface area contributed by atoms with Gasteiger partial charge in [-0.1, -0.05) is 0 Å². The van der Waals surface area contributed by atoms with E-state index in [0.717, 1.165) is 0 Å². The fourth-order valence-electron chi connectivity index (χ4n) is 0. The van der Waals surface area contributed by atoms with Crippen LogP contribution >= 0.6 is 0 Å². The summed E-state index contributed by atoms with van der Waals surface area (Å²) < 4.78 is 78.0. The van der Waals surface area contributed by atoms with Gasteiger partial charge in [0.2, 0.25) is 0 Å². The fourth-order valence-corrected chi connectivity index (χ4v) is 0. The molecule has 17 heavy (non-hydrogen) atoms. The molecule has 0 saturated heterocycles. The summed E-state index contributed by atoms with van der Waals surface area (Å²) in [7, 11) is -12.0. The van der Waals surface area contributed by atoms with E-state index in [-0.39, 0.29) is 18.9 Å². The normalized spacial score (nSPS) is 9.65. The Morgan fingerprint density at radius 3 is 0.706 bits per heavy atom. The van der Waals surface area contributed by atoms with Crippen molar-refractivity contribution in [2.75, 3.05) is 0 Å². The van der Waals surface area contributed by atoms with Gasteiger partial charge in [-0.2, -0.15) is 0 Å². The maximum absolute atomic E-state index is 9.75. The molecule has 0 amide bonds. The van der Waals surface area contributed by atoms with Crippen LogP contribution in [0.25, 0.3) is 0 Å². The third-order valence-corrected chi connectivity index (χ3v) is 0.183. The SMILES string of the molecule is F[B-](F)(F)F.F[B-](F)(F)F.O=C(O)C(=O)O.[LiH]. The zero-order chi connectivity index (χ0) is 14.2. The average Bonchev–Trinajstić information content (AvgIpc) is 1.77. The van der Waals surface area contributed by atoms with Crippen LogP contribution in [0.5, 0.6) is 0 Å². The number of halogens is 8. The van der Waals surface area contributed by atoms with Crippen molar-refractivity contribution < 1.29 is 54.3 Å². The van der Waals surface area contributed by atoms with Crippen molar-refractivity contribution in [2.45, 2.75) is 0 Å². The fraction of sp³-hybridized carbons (Fsp3) is 0. The van der Waals surface area contributed by atoms with Crippen LogP contribution < -0.4 is 0 Å². The van der Waals surface area contributed by atoms with Gasteiger partial charge in [-0.05, 0) is 0 Å². The van der Waals surface area contributed by atoms with E-state index in [2.05, 4.69) is 0 Å². The number of hydrogen-bond donors (Lipinski definition) is 2. The first-order valence-electron chi connectivity index (χ1n) is 2.85. The summed E-state index contributed by atoms with van der Waals surface area (Å²) in [6.45, 7) is 0. The quantitative estimate of drug-likeness (QED) is 0.393. The summed E-state index contributed by atoms with van der Waals surface area (Å²) in [6, 6.07) is 0. The first-order valence-corrected chi connectivity index (χ1v) is 2.85. The second kappa shape index (κ2) is 10.3. The second-order valence-corrected chi connectivity index (χ2v) is 1.60. The molecular formula is C2H3B2F8LiO4-2. The zero-order valence-corrected chi connectivity index (χ0v) is 6.89. The number of rotatable bonds is 0. The van der Waals surface area contributed by atoms with E-state index in [1.165, 1.54) is 0 Å². The number of carboxylic acids is 2. The number of hydrogen-bond acceptors (Lipinski definition) is 2. The van der Waals surface area contributed by atoms with Gasteiger partial charge >= 0.3 is 45.3 Å². The van der Waals surface area contributed by atoms with Gasteiger partial charge in [0.1, 0.15) is 0 Å². The molecule has 0 saturated carbocycles. The topological polar surface area (TPSA) is 74.6 Å². The Labute approximate surface area is 100 Å². The molecular weight excluding hydrogens is 269 g/mol. The van der Waals surface area contributed by atoms with Crippen LogP contribution in [0.3, 0.4) is 0 Å². The third kappa shape index (κ3) is 269. The Hall–Kier alpha value is -0.893. The molecule has 15 heteroatoms. The van der Waals surface area contributed by atoms with Gasteiger partial charge in [-0.15, -0.1) is 0 Å². The third-order valence-electron chi connectivity index (χ3n) is 0.183. The molecule has 0 unspecified atom stereocenters. The van der Waals surface area contributed by atoms with Crippen molar-refractivity contribution in [1.29, 1.82) is 0 Å². The van der Waals surface area contributed by atoms with Crippen LogP contribution in [0.2, 0.25) is 0 Å². The van der Waals surface area contributed by atoms with E-state index in [1.807, 2.05) is 0 Å². The van der Waals surface area contributed by atoms with Crippen molar-refractivity contribution >= 4 is 45.3 Å². The molecule has 0 bridgehead atoms. The first-order chi connectivity index (χ1) is 6.64. The van der Waals surface area contributed by atoms with Crippen molar-refractivity contribution in [1.82, 2.24) is 0 Å². The number of carboxylic acid groups (broad SMARTS) is 2. The summed E-state index contributed by atoms with van der Waals surface area (Å²) in [5.41, 5.74) is 0. The molecule has 4 nitrogen and oxygen atoms in total.